The molecule has 0 fully saturated rings. The second-order valence-electron chi connectivity index (χ2n) is 4.56. The van der Waals surface area contributed by atoms with Crippen LogP contribution >= 0.6 is 11.8 Å². The average Bonchev–Trinajstić information content (AvgIpc) is 3.15. The number of ketones is 1. The zero-order chi connectivity index (χ0) is 15.5. The average molecular weight is 317 g/mol. The number of aromatic nitrogens is 3. The largest absolute Gasteiger partial charge is 0.461 e. The zero-order valence-electron chi connectivity index (χ0n) is 11.7. The SMILES string of the molecule is Cn1c(SCC(=O)c2ccc(F)cc2)nnc1-c1ccco1. The number of carbonyl (C=O) groups excluding carboxylic acids is 1. The van der Waals surface area contributed by atoms with Gasteiger partial charge in [-0.15, -0.1) is 10.2 Å². The Hall–Kier alpha value is -2.41. The minimum atomic E-state index is -0.361. The lowest BCUT2D eigenvalue weighted by Crippen LogP contribution is -2.04. The number of Topliss-reactive ketones (excluding diaryl/α,β-unsaturated/α-hetero) is 1. The van der Waals surface area contributed by atoms with Crippen molar-refractivity contribution in [3.05, 3.63) is 54.0 Å². The van der Waals surface area contributed by atoms with Gasteiger partial charge >= 0.3 is 0 Å². The van der Waals surface area contributed by atoms with E-state index in [1.54, 1.807) is 23.0 Å². The summed E-state index contributed by atoms with van der Waals surface area (Å²) in [6.07, 6.45) is 1.56. The summed E-state index contributed by atoms with van der Waals surface area (Å²) >= 11 is 1.28. The van der Waals surface area contributed by atoms with Crippen LogP contribution in [0.1, 0.15) is 10.4 Å². The molecule has 0 unspecified atom stereocenters. The highest BCUT2D eigenvalue weighted by atomic mass is 32.2. The van der Waals surface area contributed by atoms with E-state index in [0.717, 1.165) is 0 Å². The maximum absolute atomic E-state index is 12.8. The number of furan rings is 1. The summed E-state index contributed by atoms with van der Waals surface area (Å²) in [5.41, 5.74) is 0.474. The number of rotatable bonds is 5. The van der Waals surface area contributed by atoms with Gasteiger partial charge in [0.1, 0.15) is 5.82 Å². The van der Waals surface area contributed by atoms with E-state index in [2.05, 4.69) is 10.2 Å². The third-order valence-corrected chi connectivity index (χ3v) is 4.10. The highest BCUT2D eigenvalue weighted by Gasteiger charge is 2.15. The molecular weight excluding hydrogens is 305 g/mol. The Bertz CT molecular complexity index is 782. The minimum absolute atomic E-state index is 0.0902. The summed E-state index contributed by atoms with van der Waals surface area (Å²) in [5, 5.41) is 8.73. The molecule has 2 aromatic heterocycles. The Labute approximate surface area is 130 Å². The van der Waals surface area contributed by atoms with Crippen molar-refractivity contribution in [1.29, 1.82) is 0 Å². The first kappa shape index (κ1) is 14.5. The molecule has 3 rings (SSSR count). The predicted octanol–water partition coefficient (Wildman–Crippen LogP) is 3.19. The van der Waals surface area contributed by atoms with Gasteiger partial charge in [-0.3, -0.25) is 4.79 Å². The van der Waals surface area contributed by atoms with E-state index in [1.807, 2.05) is 7.05 Å². The lowest BCUT2D eigenvalue weighted by Gasteiger charge is -2.02. The Morgan fingerprint density at radius 3 is 2.73 bits per heavy atom. The van der Waals surface area contributed by atoms with E-state index in [-0.39, 0.29) is 17.4 Å². The van der Waals surface area contributed by atoms with Crippen LogP contribution < -0.4 is 0 Å². The van der Waals surface area contributed by atoms with Crippen LogP contribution in [-0.4, -0.2) is 26.3 Å². The van der Waals surface area contributed by atoms with Crippen LogP contribution in [-0.2, 0) is 7.05 Å². The number of halogens is 1. The number of nitrogens with zero attached hydrogens (tertiary/aromatic N) is 3. The number of benzene rings is 1. The first-order chi connectivity index (χ1) is 10.6. The Morgan fingerprint density at radius 2 is 2.05 bits per heavy atom. The molecule has 5 nitrogen and oxygen atoms in total. The lowest BCUT2D eigenvalue weighted by atomic mass is 10.1. The monoisotopic (exact) mass is 317 g/mol. The molecule has 0 atom stereocenters. The van der Waals surface area contributed by atoms with Gasteiger partial charge in [0, 0.05) is 12.6 Å². The van der Waals surface area contributed by atoms with Gasteiger partial charge in [-0.1, -0.05) is 11.8 Å². The fourth-order valence-electron chi connectivity index (χ4n) is 1.91. The van der Waals surface area contributed by atoms with E-state index in [4.69, 9.17) is 4.42 Å². The quantitative estimate of drug-likeness (QED) is 0.534. The maximum atomic E-state index is 12.8. The van der Waals surface area contributed by atoms with Gasteiger partial charge in [0.25, 0.3) is 0 Å². The molecule has 0 amide bonds. The fraction of sp³-hybridized carbons (Fsp3) is 0.133. The topological polar surface area (TPSA) is 60.9 Å². The highest BCUT2D eigenvalue weighted by molar-refractivity contribution is 7.99. The molecule has 0 radical (unpaired) electrons. The number of hydrogen-bond acceptors (Lipinski definition) is 5. The predicted molar refractivity (Wildman–Crippen MR) is 80.2 cm³/mol. The standard InChI is InChI=1S/C15H12FN3O2S/c1-19-14(13-3-2-8-21-13)17-18-15(19)22-9-12(20)10-4-6-11(16)7-5-10/h2-8H,9H2,1H3. The number of hydrogen-bond donors (Lipinski definition) is 0. The molecule has 2 heterocycles. The molecule has 0 N–H and O–H groups in total. The van der Waals surface area contributed by atoms with Crippen molar-refractivity contribution in [3.63, 3.8) is 0 Å². The summed E-state index contributed by atoms with van der Waals surface area (Å²) < 4.78 is 19.9. The van der Waals surface area contributed by atoms with Crippen LogP contribution in [0.5, 0.6) is 0 Å². The van der Waals surface area contributed by atoms with Gasteiger partial charge in [0.2, 0.25) is 0 Å². The summed E-state index contributed by atoms with van der Waals surface area (Å²) in [5.74, 6) is 0.969. The van der Waals surface area contributed by atoms with E-state index in [9.17, 15) is 9.18 Å². The molecule has 0 aliphatic rings. The van der Waals surface area contributed by atoms with E-state index >= 15 is 0 Å². The van der Waals surface area contributed by atoms with Crippen LogP contribution in [0.15, 0.2) is 52.2 Å². The molecule has 0 spiro atoms. The summed E-state index contributed by atoms with van der Waals surface area (Å²) in [6, 6.07) is 9.06. The van der Waals surface area contributed by atoms with Gasteiger partial charge in [-0.25, -0.2) is 4.39 Å². The Balaban J connectivity index is 1.69. The molecule has 22 heavy (non-hydrogen) atoms. The Morgan fingerprint density at radius 1 is 1.27 bits per heavy atom. The van der Waals surface area contributed by atoms with Gasteiger partial charge in [-0.2, -0.15) is 0 Å². The molecule has 0 saturated carbocycles. The second-order valence-corrected chi connectivity index (χ2v) is 5.50. The first-order valence-corrected chi connectivity index (χ1v) is 7.48. The molecule has 0 bridgehead atoms. The summed E-state index contributed by atoms with van der Waals surface area (Å²) in [4.78, 5) is 12.1. The van der Waals surface area contributed by atoms with Crippen LogP contribution in [0.4, 0.5) is 4.39 Å². The normalized spacial score (nSPS) is 10.8. The van der Waals surface area contributed by atoms with Gasteiger partial charge in [0.15, 0.2) is 22.5 Å². The van der Waals surface area contributed by atoms with Crippen LogP contribution in [0.25, 0.3) is 11.6 Å². The molecule has 0 aliphatic heterocycles. The zero-order valence-corrected chi connectivity index (χ0v) is 12.5. The molecule has 0 saturated heterocycles. The molecule has 0 aliphatic carbocycles. The highest BCUT2D eigenvalue weighted by Crippen LogP contribution is 2.23. The molecule has 112 valence electrons. The third kappa shape index (κ3) is 2.94. The lowest BCUT2D eigenvalue weighted by molar-refractivity contribution is 0.102. The minimum Gasteiger partial charge on any atom is -0.461 e. The van der Waals surface area contributed by atoms with Crippen LogP contribution in [0.2, 0.25) is 0 Å². The number of carbonyl (C=O) groups is 1. The second kappa shape index (κ2) is 6.15. The third-order valence-electron chi connectivity index (χ3n) is 3.08. The van der Waals surface area contributed by atoms with E-state index in [1.165, 1.54) is 36.0 Å². The van der Waals surface area contributed by atoms with Crippen molar-refractivity contribution >= 4 is 17.5 Å². The van der Waals surface area contributed by atoms with Crippen molar-refractivity contribution in [2.75, 3.05) is 5.75 Å². The van der Waals surface area contributed by atoms with Crippen molar-refractivity contribution in [2.45, 2.75) is 5.16 Å². The van der Waals surface area contributed by atoms with Gasteiger partial charge in [-0.05, 0) is 36.4 Å². The maximum Gasteiger partial charge on any atom is 0.200 e. The molecule has 1 aromatic carbocycles. The smallest absolute Gasteiger partial charge is 0.200 e. The van der Waals surface area contributed by atoms with Crippen molar-refractivity contribution in [1.82, 2.24) is 14.8 Å². The van der Waals surface area contributed by atoms with Crippen molar-refractivity contribution in [2.24, 2.45) is 7.05 Å². The van der Waals surface area contributed by atoms with E-state index in [0.29, 0.717) is 22.3 Å². The fourth-order valence-corrected chi connectivity index (χ4v) is 2.72. The van der Waals surface area contributed by atoms with Gasteiger partial charge < -0.3 is 8.98 Å². The molecular formula is C15H12FN3O2S. The Kier molecular flexibility index (Phi) is 4.06. The number of thioether (sulfide) groups is 1. The van der Waals surface area contributed by atoms with Crippen molar-refractivity contribution < 1.29 is 13.6 Å². The van der Waals surface area contributed by atoms with Crippen LogP contribution in [0.3, 0.4) is 0 Å². The first-order valence-electron chi connectivity index (χ1n) is 6.50. The molecule has 7 heteroatoms. The van der Waals surface area contributed by atoms with Crippen LogP contribution in [0, 0.1) is 5.82 Å². The summed E-state index contributed by atoms with van der Waals surface area (Å²) in [7, 11) is 1.81. The van der Waals surface area contributed by atoms with Crippen molar-refractivity contribution in [3.8, 4) is 11.6 Å². The summed E-state index contributed by atoms with van der Waals surface area (Å²) in [6.45, 7) is 0. The molecule has 3 aromatic rings. The van der Waals surface area contributed by atoms with E-state index < -0.39 is 0 Å². The van der Waals surface area contributed by atoms with Gasteiger partial charge in [0.05, 0.1) is 12.0 Å².